The van der Waals surface area contributed by atoms with Crippen molar-refractivity contribution in [3.63, 3.8) is 0 Å². The third-order valence-electron chi connectivity index (χ3n) is 8.46. The average molecular weight is 476 g/mol. The lowest BCUT2D eigenvalue weighted by Crippen LogP contribution is -2.65. The number of rotatable bonds is 7. The van der Waals surface area contributed by atoms with Crippen LogP contribution in [0.2, 0.25) is 0 Å². The molecular formula is C24H40F3N3O3. The fourth-order valence-corrected chi connectivity index (χ4v) is 6.46. The molecular weight excluding hydrogens is 435 g/mol. The molecule has 2 saturated carbocycles. The van der Waals surface area contributed by atoms with Gasteiger partial charge in [0.15, 0.2) is 0 Å². The Morgan fingerprint density at radius 1 is 1.06 bits per heavy atom. The standard InChI is InChI=1S/C24H40F3N3O3/c25-24(26,27)19-3-1-2-16(12-19)15-33-20-6-4-17(5-7-20)23-28-13-18-14-30(11-9-22(31)32)10-8-21(18)29-23/h16-21,23,28-29H,1-15H2,(H,31,32). The maximum absolute atomic E-state index is 13.0. The van der Waals surface area contributed by atoms with Crippen LogP contribution < -0.4 is 10.6 Å². The van der Waals surface area contributed by atoms with Crippen LogP contribution >= 0.6 is 0 Å². The molecule has 190 valence electrons. The first-order chi connectivity index (χ1) is 15.8. The molecule has 2 aliphatic carbocycles. The Labute approximate surface area is 195 Å². The molecule has 2 heterocycles. The van der Waals surface area contributed by atoms with Gasteiger partial charge in [-0.15, -0.1) is 0 Å². The number of likely N-dealkylation sites (tertiary alicyclic amines) is 1. The van der Waals surface area contributed by atoms with Crippen molar-refractivity contribution in [2.45, 2.75) is 88.7 Å². The largest absolute Gasteiger partial charge is 0.481 e. The monoisotopic (exact) mass is 475 g/mol. The highest BCUT2D eigenvalue weighted by molar-refractivity contribution is 5.66. The van der Waals surface area contributed by atoms with Crippen molar-refractivity contribution in [2.24, 2.45) is 23.7 Å². The van der Waals surface area contributed by atoms with Gasteiger partial charge in [0.1, 0.15) is 0 Å². The summed E-state index contributed by atoms with van der Waals surface area (Å²) >= 11 is 0. The van der Waals surface area contributed by atoms with Crippen LogP contribution in [0.5, 0.6) is 0 Å². The zero-order valence-electron chi connectivity index (χ0n) is 19.5. The summed E-state index contributed by atoms with van der Waals surface area (Å²) < 4.78 is 45.2. The summed E-state index contributed by atoms with van der Waals surface area (Å²) in [5.41, 5.74) is 0. The molecule has 2 aliphatic heterocycles. The molecule has 0 radical (unpaired) electrons. The van der Waals surface area contributed by atoms with Gasteiger partial charge in [0.2, 0.25) is 0 Å². The normalized spacial score (nSPS) is 38.6. The van der Waals surface area contributed by atoms with E-state index < -0.39 is 18.1 Å². The summed E-state index contributed by atoms with van der Waals surface area (Å²) in [5.74, 6) is -0.768. The van der Waals surface area contributed by atoms with Crippen LogP contribution in [-0.2, 0) is 9.53 Å². The quantitative estimate of drug-likeness (QED) is 0.523. The zero-order valence-corrected chi connectivity index (χ0v) is 19.5. The number of carbonyl (C=O) groups is 1. The molecule has 0 aromatic heterocycles. The average Bonchev–Trinajstić information content (AvgIpc) is 2.81. The first-order valence-corrected chi connectivity index (χ1v) is 12.9. The summed E-state index contributed by atoms with van der Waals surface area (Å²) in [6.07, 6.45) is 3.82. The smallest absolute Gasteiger partial charge is 0.391 e. The number of ether oxygens (including phenoxy) is 1. The third kappa shape index (κ3) is 7.05. The van der Waals surface area contributed by atoms with Crippen molar-refractivity contribution in [2.75, 3.05) is 32.8 Å². The maximum atomic E-state index is 13.0. The molecule has 4 fully saturated rings. The molecule has 4 aliphatic rings. The Morgan fingerprint density at radius 3 is 2.58 bits per heavy atom. The molecule has 0 spiro atoms. The number of alkyl halides is 3. The van der Waals surface area contributed by atoms with Crippen molar-refractivity contribution < 1.29 is 27.8 Å². The van der Waals surface area contributed by atoms with Gasteiger partial charge in [0.25, 0.3) is 0 Å². The van der Waals surface area contributed by atoms with Crippen molar-refractivity contribution in [1.82, 2.24) is 15.5 Å². The predicted molar refractivity (Wildman–Crippen MR) is 119 cm³/mol. The number of nitrogens with zero attached hydrogens (tertiary/aromatic N) is 1. The highest BCUT2D eigenvalue weighted by Crippen LogP contribution is 2.40. The molecule has 5 unspecified atom stereocenters. The van der Waals surface area contributed by atoms with Crippen LogP contribution in [0.1, 0.15) is 64.2 Å². The van der Waals surface area contributed by atoms with Gasteiger partial charge in [0, 0.05) is 32.3 Å². The minimum absolute atomic E-state index is 0.0445. The van der Waals surface area contributed by atoms with Gasteiger partial charge < -0.3 is 20.1 Å². The number of carboxylic acid groups (broad SMARTS) is 1. The number of nitrogens with one attached hydrogen (secondary N) is 2. The highest BCUT2D eigenvalue weighted by atomic mass is 19.4. The Morgan fingerprint density at radius 2 is 1.85 bits per heavy atom. The number of fused-ring (bicyclic) bond motifs is 1. The molecule has 3 N–H and O–H groups in total. The molecule has 2 saturated heterocycles. The van der Waals surface area contributed by atoms with Gasteiger partial charge in [-0.3, -0.25) is 10.1 Å². The summed E-state index contributed by atoms with van der Waals surface area (Å²) in [7, 11) is 0. The van der Waals surface area contributed by atoms with Crippen LogP contribution in [0.15, 0.2) is 0 Å². The Bertz CT molecular complexity index is 642. The van der Waals surface area contributed by atoms with Crippen molar-refractivity contribution in [1.29, 1.82) is 0 Å². The van der Waals surface area contributed by atoms with Crippen LogP contribution in [-0.4, -0.2) is 73.2 Å². The molecule has 0 aromatic rings. The number of carboxylic acids is 1. The van der Waals surface area contributed by atoms with E-state index in [0.717, 1.165) is 58.2 Å². The topological polar surface area (TPSA) is 73.8 Å². The van der Waals surface area contributed by atoms with E-state index in [0.29, 0.717) is 43.6 Å². The number of aliphatic carboxylic acids is 1. The fraction of sp³-hybridized carbons (Fsp3) is 0.958. The van der Waals surface area contributed by atoms with E-state index in [1.54, 1.807) is 0 Å². The summed E-state index contributed by atoms with van der Waals surface area (Å²) in [6.45, 7) is 3.96. The maximum Gasteiger partial charge on any atom is 0.391 e. The number of halogens is 3. The molecule has 6 nitrogen and oxygen atoms in total. The lowest BCUT2D eigenvalue weighted by molar-refractivity contribution is -0.188. The molecule has 4 rings (SSSR count). The lowest BCUT2D eigenvalue weighted by atomic mass is 9.81. The highest BCUT2D eigenvalue weighted by Gasteiger charge is 2.42. The number of hydrogen-bond acceptors (Lipinski definition) is 5. The summed E-state index contributed by atoms with van der Waals surface area (Å²) in [6, 6.07) is 0.485. The predicted octanol–water partition coefficient (Wildman–Crippen LogP) is 3.61. The van der Waals surface area contributed by atoms with Gasteiger partial charge in [0.05, 0.1) is 24.6 Å². The summed E-state index contributed by atoms with van der Waals surface area (Å²) in [5, 5.41) is 16.4. The van der Waals surface area contributed by atoms with Gasteiger partial charge in [-0.2, -0.15) is 13.2 Å². The van der Waals surface area contributed by atoms with Crippen LogP contribution in [0, 0.1) is 23.7 Å². The molecule has 33 heavy (non-hydrogen) atoms. The van der Waals surface area contributed by atoms with E-state index in [1.165, 1.54) is 0 Å². The third-order valence-corrected chi connectivity index (χ3v) is 8.46. The molecule has 5 atom stereocenters. The van der Waals surface area contributed by atoms with E-state index >= 15 is 0 Å². The van der Waals surface area contributed by atoms with Crippen LogP contribution in [0.3, 0.4) is 0 Å². The van der Waals surface area contributed by atoms with E-state index in [9.17, 15) is 18.0 Å². The van der Waals surface area contributed by atoms with Gasteiger partial charge in [-0.05, 0) is 75.7 Å². The van der Waals surface area contributed by atoms with Gasteiger partial charge in [-0.25, -0.2) is 0 Å². The SMILES string of the molecule is O=C(O)CCN1CCC2NC(C3CCC(OCC4CCCC(C(F)(F)F)C4)CC3)NCC2C1. The second kappa shape index (κ2) is 11.2. The fourth-order valence-electron chi connectivity index (χ4n) is 6.46. The Hall–Kier alpha value is -0.900. The van der Waals surface area contributed by atoms with Crippen molar-refractivity contribution >= 4 is 5.97 Å². The van der Waals surface area contributed by atoms with Crippen molar-refractivity contribution in [3.8, 4) is 0 Å². The van der Waals surface area contributed by atoms with Crippen LogP contribution in [0.4, 0.5) is 13.2 Å². The van der Waals surface area contributed by atoms with Crippen LogP contribution in [0.25, 0.3) is 0 Å². The first-order valence-electron chi connectivity index (χ1n) is 12.9. The van der Waals surface area contributed by atoms with Crippen molar-refractivity contribution in [3.05, 3.63) is 0 Å². The molecule has 9 heteroatoms. The Kier molecular flexibility index (Phi) is 8.57. The molecule has 0 aromatic carbocycles. The first kappa shape index (κ1) is 25.2. The Balaban J connectivity index is 1.14. The molecule has 0 bridgehead atoms. The molecule has 0 amide bonds. The summed E-state index contributed by atoms with van der Waals surface area (Å²) in [4.78, 5) is 13.1. The van der Waals surface area contributed by atoms with E-state index in [2.05, 4.69) is 15.5 Å². The lowest BCUT2D eigenvalue weighted by Gasteiger charge is -2.47. The second-order valence-corrected chi connectivity index (χ2v) is 10.8. The second-order valence-electron chi connectivity index (χ2n) is 10.8. The van der Waals surface area contributed by atoms with E-state index in [1.807, 2.05) is 0 Å². The van der Waals surface area contributed by atoms with E-state index in [-0.39, 0.29) is 31.3 Å². The number of piperidine rings is 1. The van der Waals surface area contributed by atoms with E-state index in [4.69, 9.17) is 9.84 Å². The minimum Gasteiger partial charge on any atom is -0.481 e. The van der Waals surface area contributed by atoms with Gasteiger partial charge >= 0.3 is 12.1 Å². The number of hydrogen-bond donors (Lipinski definition) is 3. The minimum atomic E-state index is -4.06. The van der Waals surface area contributed by atoms with Gasteiger partial charge in [-0.1, -0.05) is 6.42 Å². The zero-order chi connectivity index (χ0) is 23.4.